The van der Waals surface area contributed by atoms with E-state index in [1.807, 2.05) is 46.2 Å². The molecule has 5 rings (SSSR count). The van der Waals surface area contributed by atoms with E-state index in [1.54, 1.807) is 36.4 Å². The predicted octanol–water partition coefficient (Wildman–Crippen LogP) is 3.10. The molecule has 2 aliphatic heterocycles. The van der Waals surface area contributed by atoms with E-state index in [0.717, 1.165) is 0 Å². The first-order valence-electron chi connectivity index (χ1n) is 13.4. The first kappa shape index (κ1) is 27.1. The van der Waals surface area contributed by atoms with Crippen molar-refractivity contribution >= 4 is 29.1 Å². The van der Waals surface area contributed by atoms with Gasteiger partial charge < -0.3 is 25.2 Å². The average molecular weight is 546 g/mol. The van der Waals surface area contributed by atoms with Gasteiger partial charge in [0.15, 0.2) is 0 Å². The molecule has 1 atom stereocenters. The summed E-state index contributed by atoms with van der Waals surface area (Å²) in [6.07, 6.45) is -0.152. The zero-order valence-electron chi connectivity index (χ0n) is 22.1. The third-order valence-corrected chi connectivity index (χ3v) is 7.07. The van der Waals surface area contributed by atoms with Crippen molar-refractivity contribution < 1.29 is 23.5 Å². The van der Waals surface area contributed by atoms with Gasteiger partial charge in [-0.1, -0.05) is 30.3 Å². The molecule has 0 aliphatic carbocycles. The zero-order chi connectivity index (χ0) is 27.9. The SMILES string of the molecule is O=C(C[C@@H]1C(=O)NCCN1C(=O)CN1CCN(c2ccccc2F)CC1)Nc1ccc(Oc2ccccc2)cc1. The number of benzene rings is 3. The van der Waals surface area contributed by atoms with Crippen molar-refractivity contribution in [1.82, 2.24) is 15.1 Å². The molecule has 10 heteroatoms. The highest BCUT2D eigenvalue weighted by molar-refractivity contribution is 5.97. The number of ether oxygens (including phenoxy) is 1. The van der Waals surface area contributed by atoms with Gasteiger partial charge in [0.1, 0.15) is 23.4 Å². The maximum absolute atomic E-state index is 14.2. The van der Waals surface area contributed by atoms with Crippen LogP contribution in [0.1, 0.15) is 6.42 Å². The quantitative estimate of drug-likeness (QED) is 0.452. The number of hydrogen-bond acceptors (Lipinski definition) is 6. The van der Waals surface area contributed by atoms with Gasteiger partial charge >= 0.3 is 0 Å². The van der Waals surface area contributed by atoms with Crippen molar-refractivity contribution in [2.24, 2.45) is 0 Å². The number of carbonyl (C=O) groups excluding carboxylic acids is 3. The molecule has 2 aliphatic rings. The van der Waals surface area contributed by atoms with E-state index in [2.05, 4.69) is 10.6 Å². The van der Waals surface area contributed by atoms with E-state index in [9.17, 15) is 18.8 Å². The fourth-order valence-electron chi connectivity index (χ4n) is 4.97. The Morgan fingerprint density at radius 3 is 2.27 bits per heavy atom. The summed E-state index contributed by atoms with van der Waals surface area (Å²) in [5.74, 6) is 0.167. The summed E-state index contributed by atoms with van der Waals surface area (Å²) in [6, 6.07) is 22.1. The minimum absolute atomic E-state index is 0.138. The van der Waals surface area contributed by atoms with E-state index >= 15 is 0 Å². The molecular weight excluding hydrogens is 513 g/mol. The molecule has 0 spiro atoms. The van der Waals surface area contributed by atoms with Crippen LogP contribution in [-0.4, -0.2) is 79.4 Å². The summed E-state index contributed by atoms with van der Waals surface area (Å²) in [4.78, 5) is 44.2. The fraction of sp³-hybridized carbons (Fsp3) is 0.300. The highest BCUT2D eigenvalue weighted by Crippen LogP contribution is 2.23. The molecule has 3 amide bonds. The molecule has 2 saturated heterocycles. The Labute approximate surface area is 232 Å². The standard InChI is InChI=1S/C30H32FN5O4/c31-25-8-4-5-9-26(25)35-18-16-34(17-19-35)21-29(38)36-15-14-32-30(39)27(36)20-28(37)33-22-10-12-24(13-11-22)40-23-6-2-1-3-7-23/h1-13,27H,14-21H2,(H,32,39)(H,33,37)/t27-/m1/s1. The van der Waals surface area contributed by atoms with Crippen LogP contribution < -0.4 is 20.3 Å². The number of rotatable bonds is 8. The predicted molar refractivity (Wildman–Crippen MR) is 150 cm³/mol. The summed E-state index contributed by atoms with van der Waals surface area (Å²) >= 11 is 0. The van der Waals surface area contributed by atoms with Crippen molar-refractivity contribution in [2.45, 2.75) is 12.5 Å². The van der Waals surface area contributed by atoms with Crippen LogP contribution in [0.4, 0.5) is 15.8 Å². The maximum Gasteiger partial charge on any atom is 0.243 e. The third kappa shape index (κ3) is 6.76. The molecule has 3 aromatic carbocycles. The van der Waals surface area contributed by atoms with Crippen molar-refractivity contribution in [1.29, 1.82) is 0 Å². The lowest BCUT2D eigenvalue weighted by atomic mass is 10.1. The van der Waals surface area contributed by atoms with Crippen LogP contribution in [0.15, 0.2) is 78.9 Å². The Morgan fingerprint density at radius 2 is 1.55 bits per heavy atom. The summed E-state index contributed by atoms with van der Waals surface area (Å²) in [6.45, 7) is 3.19. The van der Waals surface area contributed by atoms with E-state index in [-0.39, 0.29) is 36.5 Å². The van der Waals surface area contributed by atoms with Crippen molar-refractivity contribution in [2.75, 3.05) is 56.0 Å². The lowest BCUT2D eigenvalue weighted by molar-refractivity contribution is -0.145. The van der Waals surface area contributed by atoms with Crippen molar-refractivity contribution in [3.8, 4) is 11.5 Å². The Balaban J connectivity index is 1.13. The van der Waals surface area contributed by atoms with Gasteiger partial charge in [0.05, 0.1) is 18.7 Å². The Morgan fingerprint density at radius 1 is 0.875 bits per heavy atom. The Bertz CT molecular complexity index is 1330. The number of nitrogens with one attached hydrogen (secondary N) is 2. The monoisotopic (exact) mass is 545 g/mol. The Hall–Kier alpha value is -4.44. The van der Waals surface area contributed by atoms with Gasteiger partial charge in [-0.3, -0.25) is 19.3 Å². The second-order valence-corrected chi connectivity index (χ2v) is 9.80. The average Bonchev–Trinajstić information content (AvgIpc) is 2.96. The van der Waals surface area contributed by atoms with Gasteiger partial charge in [-0.15, -0.1) is 0 Å². The number of nitrogens with zero attached hydrogens (tertiary/aromatic N) is 3. The summed E-state index contributed by atoms with van der Waals surface area (Å²) < 4.78 is 19.9. The lowest BCUT2D eigenvalue weighted by Crippen LogP contribution is -2.60. The summed E-state index contributed by atoms with van der Waals surface area (Å²) in [7, 11) is 0. The van der Waals surface area contributed by atoms with Crippen LogP contribution >= 0.6 is 0 Å². The first-order valence-corrected chi connectivity index (χ1v) is 13.4. The fourth-order valence-corrected chi connectivity index (χ4v) is 4.97. The molecule has 0 unspecified atom stereocenters. The number of para-hydroxylation sites is 2. The molecule has 9 nitrogen and oxygen atoms in total. The van der Waals surface area contributed by atoms with Gasteiger partial charge in [-0.2, -0.15) is 0 Å². The van der Waals surface area contributed by atoms with Crippen LogP contribution in [0.5, 0.6) is 11.5 Å². The first-order chi connectivity index (χ1) is 19.5. The normalized spacial score (nSPS) is 17.7. The number of halogens is 1. The zero-order valence-corrected chi connectivity index (χ0v) is 22.1. The maximum atomic E-state index is 14.2. The van der Waals surface area contributed by atoms with Crippen LogP contribution in [0.2, 0.25) is 0 Å². The minimum Gasteiger partial charge on any atom is -0.457 e. The van der Waals surface area contributed by atoms with E-state index in [1.165, 1.54) is 11.0 Å². The molecule has 2 fully saturated rings. The molecule has 40 heavy (non-hydrogen) atoms. The molecular formula is C30H32FN5O4. The number of carbonyl (C=O) groups is 3. The van der Waals surface area contributed by atoms with Gasteiger partial charge in [0.25, 0.3) is 0 Å². The molecule has 2 heterocycles. The molecule has 2 N–H and O–H groups in total. The van der Waals surface area contributed by atoms with Crippen LogP contribution in [0, 0.1) is 5.82 Å². The summed E-state index contributed by atoms with van der Waals surface area (Å²) in [5.41, 5.74) is 1.12. The lowest BCUT2D eigenvalue weighted by Gasteiger charge is -2.39. The van der Waals surface area contributed by atoms with E-state index in [4.69, 9.17) is 4.74 Å². The van der Waals surface area contributed by atoms with Crippen LogP contribution in [0.3, 0.4) is 0 Å². The smallest absolute Gasteiger partial charge is 0.243 e. The highest BCUT2D eigenvalue weighted by atomic mass is 19.1. The van der Waals surface area contributed by atoms with Crippen molar-refractivity contribution in [3.05, 3.63) is 84.7 Å². The van der Waals surface area contributed by atoms with Crippen molar-refractivity contribution in [3.63, 3.8) is 0 Å². The molecule has 0 bridgehead atoms. The third-order valence-electron chi connectivity index (χ3n) is 7.07. The highest BCUT2D eigenvalue weighted by Gasteiger charge is 2.35. The minimum atomic E-state index is -0.887. The van der Waals surface area contributed by atoms with Gasteiger partial charge in [-0.25, -0.2) is 4.39 Å². The molecule has 3 aromatic rings. The van der Waals surface area contributed by atoms with Gasteiger partial charge in [0, 0.05) is 45.0 Å². The molecule has 0 saturated carbocycles. The molecule has 0 aromatic heterocycles. The molecule has 0 radical (unpaired) electrons. The summed E-state index contributed by atoms with van der Waals surface area (Å²) in [5, 5.41) is 5.57. The topological polar surface area (TPSA) is 94.2 Å². The number of anilines is 2. The van der Waals surface area contributed by atoms with Gasteiger partial charge in [-0.05, 0) is 48.5 Å². The van der Waals surface area contributed by atoms with Crippen LogP contribution in [0.25, 0.3) is 0 Å². The second-order valence-electron chi connectivity index (χ2n) is 9.80. The van der Waals surface area contributed by atoms with E-state index in [0.29, 0.717) is 62.1 Å². The number of amides is 3. The number of piperazine rings is 2. The van der Waals surface area contributed by atoms with Gasteiger partial charge in [0.2, 0.25) is 17.7 Å². The largest absolute Gasteiger partial charge is 0.457 e. The Kier molecular flexibility index (Phi) is 8.56. The van der Waals surface area contributed by atoms with E-state index < -0.39 is 6.04 Å². The molecule has 208 valence electrons. The van der Waals surface area contributed by atoms with Crippen LogP contribution in [-0.2, 0) is 14.4 Å². The second kappa shape index (κ2) is 12.6. The number of hydrogen-bond donors (Lipinski definition) is 2.